The van der Waals surface area contributed by atoms with Crippen molar-refractivity contribution < 1.29 is 4.79 Å². The van der Waals surface area contributed by atoms with E-state index in [0.717, 1.165) is 32.7 Å². The Morgan fingerprint density at radius 3 is 2.46 bits per heavy atom. The Morgan fingerprint density at radius 1 is 1.08 bits per heavy atom. The van der Waals surface area contributed by atoms with Gasteiger partial charge in [0, 0.05) is 27.0 Å². The minimum atomic E-state index is -0.221. The van der Waals surface area contributed by atoms with Gasteiger partial charge in [-0.2, -0.15) is 5.10 Å². The minimum absolute atomic E-state index is 0.221. The van der Waals surface area contributed by atoms with Gasteiger partial charge in [-0.15, -0.1) is 0 Å². The molecule has 1 aromatic heterocycles. The summed E-state index contributed by atoms with van der Waals surface area (Å²) in [6, 6.07) is 17.5. The molecule has 0 fully saturated rings. The topological polar surface area (TPSA) is 46.4 Å². The number of para-hydroxylation sites is 1. The summed E-state index contributed by atoms with van der Waals surface area (Å²) in [6.07, 6.45) is 1.68. The van der Waals surface area contributed by atoms with Crippen LogP contribution in [0.15, 0.2) is 64.2 Å². The van der Waals surface area contributed by atoms with Gasteiger partial charge in [0.25, 0.3) is 5.91 Å². The highest BCUT2D eigenvalue weighted by Gasteiger charge is 2.11. The number of carbonyl (C=O) groups excluding carboxylic acids is 1. The molecule has 0 saturated heterocycles. The zero-order chi connectivity index (χ0) is 18.7. The third kappa shape index (κ3) is 3.78. The van der Waals surface area contributed by atoms with Crippen LogP contribution in [0.2, 0.25) is 0 Å². The van der Waals surface area contributed by atoms with Crippen LogP contribution >= 0.6 is 15.9 Å². The number of aromatic nitrogens is 1. The van der Waals surface area contributed by atoms with Gasteiger partial charge in [-0.05, 0) is 67.0 Å². The number of rotatable bonds is 4. The van der Waals surface area contributed by atoms with Gasteiger partial charge in [-0.25, -0.2) is 5.43 Å². The lowest BCUT2D eigenvalue weighted by molar-refractivity contribution is 0.0955. The molecule has 26 heavy (non-hydrogen) atoms. The lowest BCUT2D eigenvalue weighted by Gasteiger charge is -2.11. The van der Waals surface area contributed by atoms with Crippen LogP contribution in [0.4, 0.5) is 0 Å². The summed E-state index contributed by atoms with van der Waals surface area (Å²) < 4.78 is 3.19. The van der Waals surface area contributed by atoms with Crippen LogP contribution in [-0.4, -0.2) is 16.7 Å². The molecule has 0 aliphatic carbocycles. The fourth-order valence-electron chi connectivity index (χ4n) is 2.85. The normalized spacial score (nSPS) is 11.1. The molecule has 3 aromatic rings. The lowest BCUT2D eigenvalue weighted by atomic mass is 10.1. The van der Waals surface area contributed by atoms with Gasteiger partial charge in [0.1, 0.15) is 0 Å². The predicted molar refractivity (Wildman–Crippen MR) is 109 cm³/mol. The first-order chi connectivity index (χ1) is 12.5. The van der Waals surface area contributed by atoms with Gasteiger partial charge in [0.05, 0.1) is 11.9 Å². The van der Waals surface area contributed by atoms with Gasteiger partial charge in [0.2, 0.25) is 0 Å². The molecule has 5 heteroatoms. The Hall–Kier alpha value is -2.66. The maximum Gasteiger partial charge on any atom is 0.271 e. The maximum atomic E-state index is 12.1. The average Bonchev–Trinajstić information content (AvgIpc) is 2.90. The zero-order valence-electron chi connectivity index (χ0n) is 15.0. The van der Waals surface area contributed by atoms with Crippen molar-refractivity contribution in [3.05, 3.63) is 87.1 Å². The van der Waals surface area contributed by atoms with Crippen molar-refractivity contribution in [3.63, 3.8) is 0 Å². The van der Waals surface area contributed by atoms with E-state index in [0.29, 0.717) is 5.56 Å². The SMILES string of the molecule is Cc1ccc(C(=O)N/N=C/c2cc(C)n(-c3ccccc3Br)c2C)cc1. The largest absolute Gasteiger partial charge is 0.317 e. The molecule has 3 rings (SSSR count). The molecular formula is C21H20BrN3O. The van der Waals surface area contributed by atoms with Crippen molar-refractivity contribution in [2.24, 2.45) is 5.10 Å². The number of amides is 1. The molecule has 1 amide bonds. The predicted octanol–water partition coefficient (Wildman–Crippen LogP) is 4.93. The second-order valence-electron chi connectivity index (χ2n) is 6.18. The molecule has 0 aliphatic heterocycles. The minimum Gasteiger partial charge on any atom is -0.317 e. The Bertz CT molecular complexity index is 971. The molecular weight excluding hydrogens is 390 g/mol. The van der Waals surface area contributed by atoms with Crippen molar-refractivity contribution in [3.8, 4) is 5.69 Å². The number of hydrazone groups is 1. The van der Waals surface area contributed by atoms with Crippen molar-refractivity contribution in [2.75, 3.05) is 0 Å². The molecule has 2 aromatic carbocycles. The fourth-order valence-corrected chi connectivity index (χ4v) is 3.31. The van der Waals surface area contributed by atoms with Crippen molar-refractivity contribution >= 4 is 28.1 Å². The first-order valence-electron chi connectivity index (χ1n) is 8.31. The highest BCUT2D eigenvalue weighted by molar-refractivity contribution is 9.10. The van der Waals surface area contributed by atoms with Gasteiger partial charge in [0.15, 0.2) is 0 Å². The van der Waals surface area contributed by atoms with Crippen LogP contribution in [0.5, 0.6) is 0 Å². The summed E-state index contributed by atoms with van der Waals surface area (Å²) in [5, 5.41) is 4.12. The first kappa shape index (κ1) is 18.1. The number of halogens is 1. The van der Waals surface area contributed by atoms with Crippen molar-refractivity contribution in [2.45, 2.75) is 20.8 Å². The molecule has 132 valence electrons. The van der Waals surface area contributed by atoms with Crippen LogP contribution in [0.1, 0.15) is 32.9 Å². The summed E-state index contributed by atoms with van der Waals surface area (Å²) in [4.78, 5) is 12.1. The Kier molecular flexibility index (Phi) is 5.38. The van der Waals surface area contributed by atoms with E-state index in [1.165, 1.54) is 0 Å². The molecule has 0 bridgehead atoms. The van der Waals surface area contributed by atoms with Gasteiger partial charge in [-0.3, -0.25) is 4.79 Å². The molecule has 1 N–H and O–H groups in total. The zero-order valence-corrected chi connectivity index (χ0v) is 16.5. The van der Waals surface area contributed by atoms with Crippen LogP contribution in [0.25, 0.3) is 5.69 Å². The summed E-state index contributed by atoms with van der Waals surface area (Å²) in [5.41, 5.74) is 8.48. The number of hydrogen-bond donors (Lipinski definition) is 1. The van der Waals surface area contributed by atoms with E-state index < -0.39 is 0 Å². The van der Waals surface area contributed by atoms with Crippen molar-refractivity contribution in [1.82, 2.24) is 9.99 Å². The first-order valence-corrected chi connectivity index (χ1v) is 9.10. The average molecular weight is 410 g/mol. The number of hydrogen-bond acceptors (Lipinski definition) is 2. The number of aryl methyl sites for hydroxylation is 2. The van der Waals surface area contributed by atoms with E-state index in [1.54, 1.807) is 18.3 Å². The van der Waals surface area contributed by atoms with Gasteiger partial charge >= 0.3 is 0 Å². The Morgan fingerprint density at radius 2 is 1.77 bits per heavy atom. The summed E-state index contributed by atoms with van der Waals surface area (Å²) >= 11 is 3.60. The lowest BCUT2D eigenvalue weighted by Crippen LogP contribution is -2.17. The van der Waals surface area contributed by atoms with Crippen LogP contribution in [0.3, 0.4) is 0 Å². The standard InChI is InChI=1S/C21H20BrN3O/c1-14-8-10-17(11-9-14)21(26)24-23-13-18-12-15(2)25(16(18)3)20-7-5-4-6-19(20)22/h4-13H,1-3H3,(H,24,26)/b23-13+. The Labute approximate surface area is 161 Å². The summed E-state index contributed by atoms with van der Waals surface area (Å²) in [7, 11) is 0. The highest BCUT2D eigenvalue weighted by Crippen LogP contribution is 2.26. The molecule has 4 nitrogen and oxygen atoms in total. The van der Waals surface area contributed by atoms with Crippen LogP contribution in [0, 0.1) is 20.8 Å². The second-order valence-corrected chi connectivity index (χ2v) is 7.03. The maximum absolute atomic E-state index is 12.1. The van der Waals surface area contributed by atoms with E-state index in [1.807, 2.05) is 44.2 Å². The fraction of sp³-hybridized carbons (Fsp3) is 0.143. The molecule has 0 saturated carbocycles. The number of nitrogens with one attached hydrogen (secondary N) is 1. The molecule has 1 heterocycles. The monoisotopic (exact) mass is 409 g/mol. The quantitative estimate of drug-likeness (QED) is 0.481. The second kappa shape index (κ2) is 7.70. The summed E-state index contributed by atoms with van der Waals surface area (Å²) in [5.74, 6) is -0.221. The molecule has 0 spiro atoms. The van der Waals surface area contributed by atoms with Gasteiger partial charge < -0.3 is 4.57 Å². The highest BCUT2D eigenvalue weighted by atomic mass is 79.9. The molecule has 0 aliphatic rings. The number of benzene rings is 2. The number of carbonyl (C=O) groups is 1. The van der Waals surface area contributed by atoms with Crippen LogP contribution < -0.4 is 5.43 Å². The van der Waals surface area contributed by atoms with Gasteiger partial charge in [-0.1, -0.05) is 29.8 Å². The number of nitrogens with zero attached hydrogens (tertiary/aromatic N) is 2. The smallest absolute Gasteiger partial charge is 0.271 e. The van der Waals surface area contributed by atoms with E-state index in [-0.39, 0.29) is 5.91 Å². The van der Waals surface area contributed by atoms with E-state index in [9.17, 15) is 4.79 Å². The van der Waals surface area contributed by atoms with E-state index in [4.69, 9.17) is 0 Å². The third-order valence-corrected chi connectivity index (χ3v) is 4.92. The molecule has 0 atom stereocenters. The Balaban J connectivity index is 1.80. The van der Waals surface area contributed by atoms with Crippen molar-refractivity contribution in [1.29, 1.82) is 0 Å². The molecule has 0 radical (unpaired) electrons. The molecule has 0 unspecified atom stereocenters. The van der Waals surface area contributed by atoms with E-state index >= 15 is 0 Å². The summed E-state index contributed by atoms with van der Waals surface area (Å²) in [6.45, 7) is 6.07. The van der Waals surface area contributed by atoms with E-state index in [2.05, 4.69) is 50.1 Å². The third-order valence-electron chi connectivity index (χ3n) is 4.25. The van der Waals surface area contributed by atoms with Crippen LogP contribution in [-0.2, 0) is 0 Å².